The van der Waals surface area contributed by atoms with Crippen LogP contribution in [-0.2, 0) is 5.41 Å². The molecule has 2 N–H and O–H groups in total. The normalized spacial score (nSPS) is 12.1. The van der Waals surface area contributed by atoms with Gasteiger partial charge in [0, 0.05) is 6.20 Å². The van der Waals surface area contributed by atoms with E-state index in [0.717, 1.165) is 18.7 Å². The van der Waals surface area contributed by atoms with Crippen LogP contribution >= 0.6 is 28.3 Å². The molecule has 3 nitrogen and oxygen atoms in total. The molecular weight excluding hydrogens is 367 g/mol. The van der Waals surface area contributed by atoms with Gasteiger partial charge in [0.15, 0.2) is 5.13 Å². The molecule has 2 rings (SSSR count). The fourth-order valence-electron chi connectivity index (χ4n) is 1.74. The van der Waals surface area contributed by atoms with E-state index in [1.165, 1.54) is 23.6 Å². The first-order valence-corrected chi connectivity index (χ1v) is 6.71. The lowest BCUT2D eigenvalue weighted by atomic mass is 9.87. The summed E-state index contributed by atoms with van der Waals surface area (Å²) in [6, 6.07) is 3.11. The van der Waals surface area contributed by atoms with Gasteiger partial charge in [-0.15, -0.1) is 17.0 Å². The second-order valence-corrected chi connectivity index (χ2v) is 6.05. The Balaban J connectivity index is 0.00000220. The lowest BCUT2D eigenvalue weighted by Crippen LogP contribution is -2.37. The first-order valence-electron chi connectivity index (χ1n) is 5.89. The lowest BCUT2D eigenvalue weighted by molar-refractivity contribution is -0.181. The summed E-state index contributed by atoms with van der Waals surface area (Å²) < 4.78 is 39.2. The van der Waals surface area contributed by atoms with E-state index >= 15 is 0 Å². The molecule has 0 saturated heterocycles. The van der Waals surface area contributed by atoms with Crippen LogP contribution in [0.5, 0.6) is 0 Å². The number of nitrogens with two attached hydrogens (primary N) is 1. The van der Waals surface area contributed by atoms with Gasteiger partial charge in [0.05, 0.1) is 16.3 Å². The molecule has 0 bridgehead atoms. The van der Waals surface area contributed by atoms with Crippen LogP contribution in [0.4, 0.5) is 18.3 Å². The molecule has 0 spiro atoms. The minimum atomic E-state index is -4.36. The SMILES string of the molecule is Br.Cc1nc(N)sc1-c1ccnc(C(C)(C)C(F)(F)F)c1. The number of aromatic nitrogens is 2. The topological polar surface area (TPSA) is 51.8 Å². The molecule has 0 atom stereocenters. The summed E-state index contributed by atoms with van der Waals surface area (Å²) in [7, 11) is 0. The monoisotopic (exact) mass is 381 g/mol. The summed E-state index contributed by atoms with van der Waals surface area (Å²) in [4.78, 5) is 8.72. The van der Waals surface area contributed by atoms with Crippen LogP contribution in [0.1, 0.15) is 25.2 Å². The standard InChI is InChI=1S/C13H14F3N3S.BrH/c1-7-10(20-11(17)19-7)8-4-5-18-9(6-8)12(2,3)13(14,15)16;/h4-6H,1-3H3,(H2,17,19);1H. The third-order valence-electron chi connectivity index (χ3n) is 3.18. The van der Waals surface area contributed by atoms with E-state index in [1.807, 2.05) is 0 Å². The molecule has 116 valence electrons. The van der Waals surface area contributed by atoms with Crippen molar-refractivity contribution >= 4 is 33.4 Å². The van der Waals surface area contributed by atoms with Crippen molar-refractivity contribution in [3.05, 3.63) is 29.7 Å². The first-order chi connectivity index (χ1) is 9.13. The minimum absolute atomic E-state index is 0. The number of nitrogen functional groups attached to an aromatic ring is 1. The highest BCUT2D eigenvalue weighted by atomic mass is 79.9. The van der Waals surface area contributed by atoms with Crippen molar-refractivity contribution < 1.29 is 13.2 Å². The van der Waals surface area contributed by atoms with E-state index in [2.05, 4.69) is 9.97 Å². The molecule has 0 amide bonds. The maximum atomic E-state index is 13.1. The van der Waals surface area contributed by atoms with Gasteiger partial charge in [-0.3, -0.25) is 4.98 Å². The maximum absolute atomic E-state index is 13.1. The molecule has 0 radical (unpaired) electrons. The number of halogens is 4. The lowest BCUT2D eigenvalue weighted by Gasteiger charge is -2.27. The highest BCUT2D eigenvalue weighted by Gasteiger charge is 2.49. The molecule has 21 heavy (non-hydrogen) atoms. The van der Waals surface area contributed by atoms with Crippen molar-refractivity contribution in [3.8, 4) is 10.4 Å². The number of alkyl halides is 3. The van der Waals surface area contributed by atoms with E-state index in [4.69, 9.17) is 5.73 Å². The Morgan fingerprint density at radius 1 is 1.24 bits per heavy atom. The van der Waals surface area contributed by atoms with Crippen LogP contribution in [0.15, 0.2) is 18.3 Å². The highest BCUT2D eigenvalue weighted by molar-refractivity contribution is 8.93. The average molecular weight is 382 g/mol. The Morgan fingerprint density at radius 3 is 2.33 bits per heavy atom. The van der Waals surface area contributed by atoms with Crippen molar-refractivity contribution in [3.63, 3.8) is 0 Å². The number of hydrogen-bond donors (Lipinski definition) is 1. The van der Waals surface area contributed by atoms with E-state index in [-0.39, 0.29) is 22.7 Å². The van der Waals surface area contributed by atoms with E-state index in [0.29, 0.717) is 16.4 Å². The molecule has 8 heteroatoms. The van der Waals surface area contributed by atoms with Crippen LogP contribution in [0.2, 0.25) is 0 Å². The first kappa shape index (κ1) is 17.9. The quantitative estimate of drug-likeness (QED) is 0.831. The summed E-state index contributed by atoms with van der Waals surface area (Å²) in [6.07, 6.45) is -2.98. The summed E-state index contributed by atoms with van der Waals surface area (Å²) >= 11 is 1.25. The Morgan fingerprint density at radius 2 is 1.86 bits per heavy atom. The van der Waals surface area contributed by atoms with Crippen LogP contribution in [-0.4, -0.2) is 16.1 Å². The zero-order valence-corrected chi connectivity index (χ0v) is 14.2. The van der Waals surface area contributed by atoms with Crippen LogP contribution < -0.4 is 5.73 Å². The minimum Gasteiger partial charge on any atom is -0.375 e. The number of anilines is 1. The maximum Gasteiger partial charge on any atom is 0.399 e. The summed E-state index contributed by atoms with van der Waals surface area (Å²) in [5, 5.41) is 0.394. The molecule has 0 fully saturated rings. The molecule has 0 saturated carbocycles. The summed E-state index contributed by atoms with van der Waals surface area (Å²) in [5.41, 5.74) is 4.95. The predicted octanol–water partition coefficient (Wildman–Crippen LogP) is 4.51. The number of pyridine rings is 1. The van der Waals surface area contributed by atoms with Crippen molar-refractivity contribution in [1.82, 2.24) is 9.97 Å². The summed E-state index contributed by atoms with van der Waals surface area (Å²) in [5.74, 6) is 0. The van der Waals surface area contributed by atoms with Crippen molar-refractivity contribution in [2.75, 3.05) is 5.73 Å². The van der Waals surface area contributed by atoms with Crippen LogP contribution in [0.3, 0.4) is 0 Å². The molecule has 0 aliphatic rings. The molecule has 0 aromatic carbocycles. The van der Waals surface area contributed by atoms with Gasteiger partial charge in [-0.2, -0.15) is 13.2 Å². The van der Waals surface area contributed by atoms with Gasteiger partial charge in [0.1, 0.15) is 5.41 Å². The van der Waals surface area contributed by atoms with Gasteiger partial charge in [0.25, 0.3) is 0 Å². The number of hydrogen-bond acceptors (Lipinski definition) is 4. The van der Waals surface area contributed by atoms with Gasteiger partial charge in [-0.05, 0) is 38.5 Å². The van der Waals surface area contributed by atoms with Gasteiger partial charge < -0.3 is 5.73 Å². The van der Waals surface area contributed by atoms with Crippen molar-refractivity contribution in [1.29, 1.82) is 0 Å². The summed E-state index contributed by atoms with van der Waals surface area (Å²) in [6.45, 7) is 4.01. The van der Waals surface area contributed by atoms with E-state index in [1.54, 1.807) is 13.0 Å². The predicted molar refractivity (Wildman–Crippen MR) is 83.9 cm³/mol. The zero-order valence-electron chi connectivity index (χ0n) is 11.7. The molecule has 0 aliphatic carbocycles. The van der Waals surface area contributed by atoms with Gasteiger partial charge in [-0.1, -0.05) is 11.3 Å². The van der Waals surface area contributed by atoms with Crippen molar-refractivity contribution in [2.24, 2.45) is 0 Å². The number of nitrogens with zero attached hydrogens (tertiary/aromatic N) is 2. The van der Waals surface area contributed by atoms with E-state index < -0.39 is 11.6 Å². The molecule has 2 aromatic rings. The van der Waals surface area contributed by atoms with Gasteiger partial charge >= 0.3 is 6.18 Å². The Bertz CT molecular complexity index is 638. The average Bonchev–Trinajstić information content (AvgIpc) is 2.67. The fraction of sp³-hybridized carbons (Fsp3) is 0.385. The van der Waals surface area contributed by atoms with Gasteiger partial charge in [0.2, 0.25) is 0 Å². The Hall–Kier alpha value is -1.15. The molecule has 2 heterocycles. The molecule has 2 aromatic heterocycles. The van der Waals surface area contributed by atoms with E-state index in [9.17, 15) is 13.2 Å². The molecular formula is C13H15BrF3N3S. The highest BCUT2D eigenvalue weighted by Crippen LogP contribution is 2.41. The van der Waals surface area contributed by atoms with Gasteiger partial charge in [-0.25, -0.2) is 4.98 Å². The Kier molecular flexibility index (Phi) is 5.05. The van der Waals surface area contributed by atoms with Crippen molar-refractivity contribution in [2.45, 2.75) is 32.4 Å². The molecule has 0 aliphatic heterocycles. The molecule has 0 unspecified atom stereocenters. The number of thiazole rings is 1. The second kappa shape index (κ2) is 5.92. The fourth-order valence-corrected chi connectivity index (χ4v) is 2.57. The van der Waals surface area contributed by atoms with Crippen LogP contribution in [0.25, 0.3) is 10.4 Å². The smallest absolute Gasteiger partial charge is 0.375 e. The number of aryl methyl sites for hydroxylation is 1. The number of rotatable bonds is 2. The largest absolute Gasteiger partial charge is 0.399 e. The zero-order chi connectivity index (χ0) is 15.1. The third-order valence-corrected chi connectivity index (χ3v) is 4.22. The third kappa shape index (κ3) is 3.37. The Labute approximate surface area is 135 Å². The van der Waals surface area contributed by atoms with Crippen LogP contribution in [0, 0.1) is 6.92 Å². The second-order valence-electron chi connectivity index (χ2n) is 5.02.